The first-order valence-electron chi connectivity index (χ1n) is 8.77. The van der Waals surface area contributed by atoms with Crippen LogP contribution in [0.1, 0.15) is 11.4 Å². The lowest BCUT2D eigenvalue weighted by atomic mass is 10.2. The van der Waals surface area contributed by atoms with E-state index in [9.17, 15) is 20.0 Å². The number of non-ortho nitro benzene ring substituents is 1. The van der Waals surface area contributed by atoms with Crippen molar-refractivity contribution in [2.45, 2.75) is 0 Å². The number of nitro groups is 1. The summed E-state index contributed by atoms with van der Waals surface area (Å²) in [4.78, 5) is 28.4. The molecule has 0 aliphatic heterocycles. The molecule has 1 N–H and O–H groups in total. The van der Waals surface area contributed by atoms with Gasteiger partial charge in [0, 0.05) is 12.1 Å². The van der Waals surface area contributed by atoms with Crippen LogP contribution in [-0.4, -0.2) is 19.6 Å². The lowest BCUT2D eigenvalue weighted by molar-refractivity contribution is -0.384. The van der Waals surface area contributed by atoms with Gasteiger partial charge in [-0.25, -0.2) is 4.98 Å². The third-order valence-electron chi connectivity index (χ3n) is 4.42. The first-order chi connectivity index (χ1) is 14.0. The Hall–Kier alpha value is -4.26. The van der Waals surface area contributed by atoms with Crippen molar-refractivity contribution in [1.82, 2.24) is 9.55 Å². The van der Waals surface area contributed by atoms with Crippen LogP contribution >= 0.6 is 0 Å². The summed E-state index contributed by atoms with van der Waals surface area (Å²) in [7, 11) is 0. The van der Waals surface area contributed by atoms with Crippen LogP contribution in [0, 0.1) is 10.1 Å². The molecule has 1 heterocycles. The number of rotatable bonds is 4. The van der Waals surface area contributed by atoms with Gasteiger partial charge in [-0.15, -0.1) is 0 Å². The van der Waals surface area contributed by atoms with Crippen LogP contribution < -0.4 is 5.56 Å². The first-order valence-corrected chi connectivity index (χ1v) is 8.77. The fourth-order valence-corrected chi connectivity index (χ4v) is 3.01. The van der Waals surface area contributed by atoms with Crippen molar-refractivity contribution in [3.05, 3.63) is 105 Å². The van der Waals surface area contributed by atoms with Gasteiger partial charge in [0.2, 0.25) is 0 Å². The van der Waals surface area contributed by atoms with Gasteiger partial charge < -0.3 is 5.11 Å². The Kier molecular flexibility index (Phi) is 4.62. The number of nitro benzene ring substituents is 1. The van der Waals surface area contributed by atoms with Gasteiger partial charge in [-0.1, -0.05) is 36.4 Å². The van der Waals surface area contributed by atoms with Crippen molar-refractivity contribution in [3.63, 3.8) is 0 Å². The Morgan fingerprint density at radius 3 is 2.48 bits per heavy atom. The van der Waals surface area contributed by atoms with Gasteiger partial charge in [0.1, 0.15) is 11.6 Å². The number of para-hydroxylation sites is 1. The zero-order chi connectivity index (χ0) is 20.4. The molecule has 4 rings (SSSR count). The maximum absolute atomic E-state index is 13.2. The largest absolute Gasteiger partial charge is 0.508 e. The lowest BCUT2D eigenvalue weighted by Gasteiger charge is -2.11. The van der Waals surface area contributed by atoms with Crippen molar-refractivity contribution in [3.8, 4) is 11.4 Å². The van der Waals surface area contributed by atoms with Gasteiger partial charge in [-0.05, 0) is 42.0 Å². The molecule has 7 nitrogen and oxygen atoms in total. The fourth-order valence-electron chi connectivity index (χ4n) is 3.01. The molecule has 0 amide bonds. The normalized spacial score (nSPS) is 11.2. The number of hydrogen-bond acceptors (Lipinski definition) is 5. The van der Waals surface area contributed by atoms with E-state index < -0.39 is 4.92 Å². The highest BCUT2D eigenvalue weighted by molar-refractivity contribution is 5.80. The monoisotopic (exact) mass is 385 g/mol. The van der Waals surface area contributed by atoms with Gasteiger partial charge in [0.25, 0.3) is 11.2 Å². The van der Waals surface area contributed by atoms with Gasteiger partial charge in [-0.2, -0.15) is 0 Å². The zero-order valence-corrected chi connectivity index (χ0v) is 15.1. The average molecular weight is 385 g/mol. The first kappa shape index (κ1) is 18.1. The predicted octanol–water partition coefficient (Wildman–Crippen LogP) is 4.17. The van der Waals surface area contributed by atoms with Crippen molar-refractivity contribution >= 4 is 28.7 Å². The molecule has 0 saturated heterocycles. The Labute approximate surface area is 165 Å². The highest BCUT2D eigenvalue weighted by atomic mass is 16.6. The molecule has 0 unspecified atom stereocenters. The van der Waals surface area contributed by atoms with Gasteiger partial charge in [0.05, 0.1) is 21.5 Å². The summed E-state index contributed by atoms with van der Waals surface area (Å²) in [5, 5.41) is 21.0. The minimum atomic E-state index is -0.505. The predicted molar refractivity (Wildman–Crippen MR) is 111 cm³/mol. The minimum Gasteiger partial charge on any atom is -0.508 e. The highest BCUT2D eigenvalue weighted by Crippen LogP contribution is 2.20. The Bertz CT molecular complexity index is 1310. The lowest BCUT2D eigenvalue weighted by Crippen LogP contribution is -2.22. The SMILES string of the molecule is O=c1c2ccccc2nc(C=Cc2ccc(O)cc2)n1-c1cccc([N+](=O)[O-])c1. The van der Waals surface area contributed by atoms with E-state index in [4.69, 9.17) is 0 Å². The molecule has 0 fully saturated rings. The number of aromatic hydroxyl groups is 1. The third-order valence-corrected chi connectivity index (χ3v) is 4.42. The second kappa shape index (κ2) is 7.40. The number of hydrogen-bond donors (Lipinski definition) is 1. The van der Waals surface area contributed by atoms with E-state index >= 15 is 0 Å². The summed E-state index contributed by atoms with van der Waals surface area (Å²) in [5.74, 6) is 0.488. The molecule has 0 radical (unpaired) electrons. The van der Waals surface area contributed by atoms with E-state index in [1.807, 2.05) is 0 Å². The van der Waals surface area contributed by atoms with Crippen molar-refractivity contribution in [2.75, 3.05) is 0 Å². The zero-order valence-electron chi connectivity index (χ0n) is 15.1. The topological polar surface area (TPSA) is 98.3 Å². The molecule has 7 heteroatoms. The number of phenolic OH excluding ortho intramolecular Hbond substituents is 1. The number of aromatic nitrogens is 2. The van der Waals surface area contributed by atoms with E-state index in [2.05, 4.69) is 4.98 Å². The van der Waals surface area contributed by atoms with Crippen LogP contribution in [0.25, 0.3) is 28.7 Å². The second-order valence-corrected chi connectivity index (χ2v) is 6.33. The molecule has 0 aliphatic carbocycles. The van der Waals surface area contributed by atoms with Crippen LogP contribution in [0.2, 0.25) is 0 Å². The fraction of sp³-hybridized carbons (Fsp3) is 0. The number of phenols is 1. The summed E-state index contributed by atoms with van der Waals surface area (Å²) >= 11 is 0. The minimum absolute atomic E-state index is 0.115. The van der Waals surface area contributed by atoms with Crippen molar-refractivity contribution < 1.29 is 10.0 Å². The smallest absolute Gasteiger partial charge is 0.271 e. The summed E-state index contributed by atoms with van der Waals surface area (Å²) in [5.41, 5.74) is 1.26. The summed E-state index contributed by atoms with van der Waals surface area (Å²) in [6.45, 7) is 0. The number of benzene rings is 3. The summed E-state index contributed by atoms with van der Waals surface area (Å²) in [6, 6.07) is 19.4. The Balaban J connectivity index is 1.94. The molecule has 3 aromatic carbocycles. The maximum Gasteiger partial charge on any atom is 0.271 e. The van der Waals surface area contributed by atoms with Gasteiger partial charge in [0.15, 0.2) is 0 Å². The van der Waals surface area contributed by atoms with E-state index in [-0.39, 0.29) is 17.0 Å². The molecular formula is C22H15N3O4. The van der Waals surface area contributed by atoms with Crippen molar-refractivity contribution in [1.29, 1.82) is 0 Å². The van der Waals surface area contributed by atoms with E-state index in [0.29, 0.717) is 22.4 Å². The van der Waals surface area contributed by atoms with Crippen molar-refractivity contribution in [2.24, 2.45) is 0 Å². The van der Waals surface area contributed by atoms with Gasteiger partial charge in [-0.3, -0.25) is 19.5 Å². The standard InChI is InChI=1S/C22H15N3O4/c26-18-11-8-15(9-12-18)10-13-21-23-20-7-2-1-6-19(20)22(27)24(21)16-4-3-5-17(14-16)25(28)29/h1-14,26H. The highest BCUT2D eigenvalue weighted by Gasteiger charge is 2.14. The third kappa shape index (κ3) is 3.61. The van der Waals surface area contributed by atoms with E-state index in [0.717, 1.165) is 5.56 Å². The van der Waals surface area contributed by atoms with Crippen LogP contribution in [-0.2, 0) is 0 Å². The molecule has 29 heavy (non-hydrogen) atoms. The molecule has 0 atom stereocenters. The molecule has 0 saturated carbocycles. The van der Waals surface area contributed by atoms with Crippen LogP contribution in [0.4, 0.5) is 5.69 Å². The molecule has 0 aliphatic rings. The number of fused-ring (bicyclic) bond motifs is 1. The number of nitrogens with zero attached hydrogens (tertiary/aromatic N) is 3. The molecule has 0 bridgehead atoms. The summed E-state index contributed by atoms with van der Waals surface area (Å²) < 4.78 is 1.35. The summed E-state index contributed by atoms with van der Waals surface area (Å²) in [6.07, 6.45) is 3.42. The Morgan fingerprint density at radius 2 is 1.72 bits per heavy atom. The van der Waals surface area contributed by atoms with Crippen LogP contribution in [0.15, 0.2) is 77.6 Å². The molecule has 142 valence electrons. The Morgan fingerprint density at radius 1 is 0.966 bits per heavy atom. The molecule has 4 aromatic rings. The second-order valence-electron chi connectivity index (χ2n) is 6.33. The van der Waals surface area contributed by atoms with E-state index in [1.165, 1.54) is 22.8 Å². The van der Waals surface area contributed by atoms with Crippen LogP contribution in [0.3, 0.4) is 0 Å². The quantitative estimate of drug-likeness (QED) is 0.420. The van der Waals surface area contributed by atoms with E-state index in [1.54, 1.807) is 66.7 Å². The van der Waals surface area contributed by atoms with Crippen LogP contribution in [0.5, 0.6) is 5.75 Å². The molecule has 1 aromatic heterocycles. The average Bonchev–Trinajstić information content (AvgIpc) is 2.73. The molecule has 0 spiro atoms. The van der Waals surface area contributed by atoms with Gasteiger partial charge >= 0.3 is 0 Å². The maximum atomic E-state index is 13.2. The molecular weight excluding hydrogens is 370 g/mol.